The summed E-state index contributed by atoms with van der Waals surface area (Å²) < 4.78 is 12.5. The molecule has 1 aromatic carbocycles. The maximum atomic E-state index is 12.5. The van der Waals surface area contributed by atoms with Crippen LogP contribution in [0.4, 0.5) is 5.69 Å². The van der Waals surface area contributed by atoms with E-state index in [9.17, 15) is 9.00 Å². The number of anilines is 1. The number of hydrogen-bond acceptors (Lipinski definition) is 4. The van der Waals surface area contributed by atoms with Gasteiger partial charge in [-0.15, -0.1) is 0 Å². The molecule has 0 aromatic heterocycles. The van der Waals surface area contributed by atoms with Crippen molar-refractivity contribution in [3.05, 3.63) is 29.8 Å². The Hall–Kier alpha value is -0.850. The monoisotopic (exact) mass is 368 g/mol. The fourth-order valence-electron chi connectivity index (χ4n) is 2.96. The van der Waals surface area contributed by atoms with Gasteiger partial charge in [-0.05, 0) is 49.0 Å². The molecule has 0 saturated heterocycles. The number of thioether (sulfide) groups is 1. The van der Waals surface area contributed by atoms with Crippen molar-refractivity contribution in [3.63, 3.8) is 0 Å². The molecule has 1 fully saturated rings. The highest BCUT2D eigenvalue weighted by Gasteiger charge is 2.20. The Kier molecular flexibility index (Phi) is 8.29. The van der Waals surface area contributed by atoms with Crippen LogP contribution in [0.2, 0.25) is 0 Å². The number of rotatable bonds is 8. The summed E-state index contributed by atoms with van der Waals surface area (Å²) in [5, 5.41) is 3.20. The van der Waals surface area contributed by atoms with Gasteiger partial charge in [-0.25, -0.2) is 0 Å². The van der Waals surface area contributed by atoms with Gasteiger partial charge in [0.1, 0.15) is 0 Å². The smallest absolute Gasteiger partial charge is 0.241 e. The molecule has 0 bridgehead atoms. The highest BCUT2D eigenvalue weighted by molar-refractivity contribution is 7.98. The predicted molar refractivity (Wildman–Crippen MR) is 105 cm³/mol. The fraction of sp³-hybridized carbons (Fsp3) is 0.611. The lowest BCUT2D eigenvalue weighted by Crippen LogP contribution is -2.36. The zero-order valence-corrected chi connectivity index (χ0v) is 16.0. The largest absolute Gasteiger partial charge is 0.325 e. The van der Waals surface area contributed by atoms with Crippen LogP contribution in [-0.2, 0) is 21.3 Å². The molecule has 0 spiro atoms. The van der Waals surface area contributed by atoms with E-state index in [1.54, 1.807) is 11.8 Å². The number of carbonyl (C=O) groups excluding carboxylic acids is 1. The van der Waals surface area contributed by atoms with E-state index in [-0.39, 0.29) is 5.91 Å². The second-order valence-electron chi connectivity index (χ2n) is 6.36. The van der Waals surface area contributed by atoms with Crippen molar-refractivity contribution < 1.29 is 9.00 Å². The Labute approximate surface area is 151 Å². The topological polar surface area (TPSA) is 72.2 Å². The molecule has 1 aromatic rings. The molecule has 1 amide bonds. The summed E-state index contributed by atoms with van der Waals surface area (Å²) in [5.41, 5.74) is 7.64. The van der Waals surface area contributed by atoms with Crippen molar-refractivity contribution in [2.75, 3.05) is 17.3 Å². The molecule has 0 radical (unpaired) electrons. The maximum absolute atomic E-state index is 12.5. The molecule has 24 heavy (non-hydrogen) atoms. The Morgan fingerprint density at radius 2 is 2.12 bits per heavy atom. The average Bonchev–Trinajstić information content (AvgIpc) is 2.60. The lowest BCUT2D eigenvalue weighted by Gasteiger charge is -2.21. The summed E-state index contributed by atoms with van der Waals surface area (Å²) in [6, 6.07) is 7.16. The van der Waals surface area contributed by atoms with E-state index in [0.29, 0.717) is 17.4 Å². The molecule has 0 heterocycles. The number of carbonyl (C=O) groups is 1. The van der Waals surface area contributed by atoms with Gasteiger partial charge in [-0.2, -0.15) is 11.8 Å². The molecule has 1 aliphatic carbocycles. The van der Waals surface area contributed by atoms with Gasteiger partial charge >= 0.3 is 0 Å². The van der Waals surface area contributed by atoms with E-state index in [1.165, 1.54) is 19.3 Å². The van der Waals surface area contributed by atoms with Gasteiger partial charge in [0.2, 0.25) is 5.91 Å². The first-order valence-corrected chi connectivity index (χ1v) is 11.4. The summed E-state index contributed by atoms with van der Waals surface area (Å²) in [4.78, 5) is 12.1. The summed E-state index contributed by atoms with van der Waals surface area (Å²) >= 11 is 1.68. The van der Waals surface area contributed by atoms with E-state index < -0.39 is 16.8 Å². The number of nitrogens with two attached hydrogens (primary N) is 1. The van der Waals surface area contributed by atoms with Gasteiger partial charge in [-0.3, -0.25) is 9.00 Å². The third kappa shape index (κ3) is 6.22. The van der Waals surface area contributed by atoms with Crippen LogP contribution >= 0.6 is 11.8 Å². The van der Waals surface area contributed by atoms with Gasteiger partial charge in [0.05, 0.1) is 6.04 Å². The molecule has 1 saturated carbocycles. The minimum absolute atomic E-state index is 0.158. The Balaban J connectivity index is 1.90. The van der Waals surface area contributed by atoms with E-state index in [0.717, 1.165) is 29.8 Å². The van der Waals surface area contributed by atoms with Crippen molar-refractivity contribution >= 4 is 34.2 Å². The molecule has 0 aliphatic heterocycles. The number of benzene rings is 1. The molecule has 3 N–H and O–H groups in total. The standard InChI is InChI=1S/C18H28N2O2S2/c1-23-11-10-17(19)18(21)20-15-7-5-6-14(12-15)13-24(22)16-8-3-2-4-9-16/h5-7,12,16-17H,2-4,8-11,13,19H2,1H3,(H,20,21)/t17-,24?/m0/s1. The molecular weight excluding hydrogens is 340 g/mol. The van der Waals surface area contributed by atoms with Crippen LogP contribution < -0.4 is 11.1 Å². The van der Waals surface area contributed by atoms with Gasteiger partial charge in [0, 0.05) is 27.5 Å². The fourth-order valence-corrected chi connectivity index (χ4v) is 5.05. The van der Waals surface area contributed by atoms with Crippen molar-refractivity contribution in [1.82, 2.24) is 0 Å². The lowest BCUT2D eigenvalue weighted by atomic mass is 10.0. The van der Waals surface area contributed by atoms with Crippen molar-refractivity contribution in [3.8, 4) is 0 Å². The number of nitrogens with one attached hydrogen (secondary N) is 1. The van der Waals surface area contributed by atoms with Crippen LogP contribution in [0.15, 0.2) is 24.3 Å². The Morgan fingerprint density at radius 3 is 2.83 bits per heavy atom. The van der Waals surface area contributed by atoms with Crippen molar-refractivity contribution in [2.24, 2.45) is 5.73 Å². The maximum Gasteiger partial charge on any atom is 0.241 e. The van der Waals surface area contributed by atoms with Crippen LogP contribution in [0.5, 0.6) is 0 Å². The first-order valence-electron chi connectivity index (χ1n) is 8.61. The summed E-state index contributed by atoms with van der Waals surface area (Å²) in [6.07, 6.45) is 8.48. The number of hydrogen-bond donors (Lipinski definition) is 2. The van der Waals surface area contributed by atoms with E-state index in [2.05, 4.69) is 5.32 Å². The lowest BCUT2D eigenvalue weighted by molar-refractivity contribution is -0.117. The second-order valence-corrected chi connectivity index (χ2v) is 9.07. The van der Waals surface area contributed by atoms with Crippen LogP contribution in [0.3, 0.4) is 0 Å². The third-order valence-electron chi connectivity index (χ3n) is 4.40. The third-order valence-corrected chi connectivity index (χ3v) is 6.87. The molecule has 2 rings (SSSR count). The highest BCUT2D eigenvalue weighted by Crippen LogP contribution is 2.24. The first-order chi connectivity index (χ1) is 11.6. The van der Waals surface area contributed by atoms with Gasteiger partial charge in [-0.1, -0.05) is 31.4 Å². The molecule has 6 heteroatoms. The van der Waals surface area contributed by atoms with Gasteiger partial charge in [0.15, 0.2) is 0 Å². The normalized spacial score (nSPS) is 18.1. The Bertz CT molecular complexity index is 560. The second kappa shape index (κ2) is 10.2. The minimum Gasteiger partial charge on any atom is -0.325 e. The summed E-state index contributed by atoms with van der Waals surface area (Å²) in [5.74, 6) is 1.27. The minimum atomic E-state index is -0.832. The average molecular weight is 369 g/mol. The highest BCUT2D eigenvalue weighted by atomic mass is 32.2. The quantitative estimate of drug-likeness (QED) is 0.738. The number of amides is 1. The SMILES string of the molecule is CSCC[C@H](N)C(=O)Nc1cccc(CS(=O)C2CCCCC2)c1. The van der Waals surface area contributed by atoms with Gasteiger partial charge in [0.25, 0.3) is 0 Å². The van der Waals surface area contributed by atoms with Crippen LogP contribution in [-0.4, -0.2) is 33.4 Å². The van der Waals surface area contributed by atoms with Crippen LogP contribution in [0.1, 0.15) is 44.1 Å². The molecular formula is C18H28N2O2S2. The van der Waals surface area contributed by atoms with E-state index >= 15 is 0 Å². The predicted octanol–water partition coefficient (Wildman–Crippen LogP) is 3.29. The molecule has 1 unspecified atom stereocenters. The van der Waals surface area contributed by atoms with Crippen LogP contribution in [0.25, 0.3) is 0 Å². The van der Waals surface area contributed by atoms with Crippen molar-refractivity contribution in [2.45, 2.75) is 55.6 Å². The zero-order chi connectivity index (χ0) is 17.4. The van der Waals surface area contributed by atoms with Crippen molar-refractivity contribution in [1.29, 1.82) is 0 Å². The molecule has 4 nitrogen and oxygen atoms in total. The van der Waals surface area contributed by atoms with E-state index in [4.69, 9.17) is 5.73 Å². The van der Waals surface area contributed by atoms with Gasteiger partial charge < -0.3 is 11.1 Å². The van der Waals surface area contributed by atoms with E-state index in [1.807, 2.05) is 30.5 Å². The summed E-state index contributed by atoms with van der Waals surface area (Å²) in [6.45, 7) is 0. The summed E-state index contributed by atoms with van der Waals surface area (Å²) in [7, 11) is -0.832. The first kappa shape index (κ1) is 19.5. The van der Waals surface area contributed by atoms with Crippen LogP contribution in [0, 0.1) is 0 Å². The molecule has 1 aliphatic rings. The Morgan fingerprint density at radius 1 is 1.38 bits per heavy atom. The molecule has 2 atom stereocenters. The molecule has 134 valence electrons. The zero-order valence-electron chi connectivity index (χ0n) is 14.3.